The van der Waals surface area contributed by atoms with E-state index in [9.17, 15) is 10.1 Å². The molecule has 7 nitrogen and oxygen atoms in total. The Bertz CT molecular complexity index is 641. The molecule has 1 aliphatic rings. The van der Waals surface area contributed by atoms with Crippen LogP contribution in [0.15, 0.2) is 42.6 Å². The van der Waals surface area contributed by atoms with Gasteiger partial charge in [-0.05, 0) is 18.2 Å². The van der Waals surface area contributed by atoms with Gasteiger partial charge in [0.2, 0.25) is 0 Å². The van der Waals surface area contributed by atoms with E-state index < -0.39 is 4.92 Å². The monoisotopic (exact) mass is 286 g/mol. The SMILES string of the molecule is O=[N+]([O-])c1ccccc1Nc1ccc(NC2COC2)nc1. The van der Waals surface area contributed by atoms with Crippen molar-refractivity contribution in [2.24, 2.45) is 0 Å². The van der Waals surface area contributed by atoms with Crippen LogP contribution in [0.3, 0.4) is 0 Å². The predicted octanol–water partition coefficient (Wildman–Crippen LogP) is 2.54. The number of hydrogen-bond donors (Lipinski definition) is 2. The fourth-order valence-corrected chi connectivity index (χ4v) is 1.98. The highest BCUT2D eigenvalue weighted by molar-refractivity contribution is 5.69. The fraction of sp³-hybridized carbons (Fsp3) is 0.214. The normalized spacial score (nSPS) is 14.3. The molecule has 108 valence electrons. The number of ether oxygens (including phenoxy) is 1. The van der Waals surface area contributed by atoms with E-state index in [1.807, 2.05) is 12.1 Å². The van der Waals surface area contributed by atoms with Crippen molar-refractivity contribution in [3.8, 4) is 0 Å². The average molecular weight is 286 g/mol. The van der Waals surface area contributed by atoms with Gasteiger partial charge in [-0.25, -0.2) is 4.98 Å². The summed E-state index contributed by atoms with van der Waals surface area (Å²) in [5.74, 6) is 0.761. The van der Waals surface area contributed by atoms with Crippen molar-refractivity contribution in [1.82, 2.24) is 4.98 Å². The minimum absolute atomic E-state index is 0.0336. The van der Waals surface area contributed by atoms with E-state index in [4.69, 9.17) is 4.74 Å². The molecule has 7 heteroatoms. The quantitative estimate of drug-likeness (QED) is 0.648. The summed E-state index contributed by atoms with van der Waals surface area (Å²) in [6.45, 7) is 1.38. The van der Waals surface area contributed by atoms with Crippen molar-refractivity contribution in [3.05, 3.63) is 52.7 Å². The summed E-state index contributed by atoms with van der Waals surface area (Å²) >= 11 is 0. The summed E-state index contributed by atoms with van der Waals surface area (Å²) < 4.78 is 5.08. The zero-order valence-electron chi connectivity index (χ0n) is 11.2. The number of benzene rings is 1. The second kappa shape index (κ2) is 5.76. The molecule has 1 saturated heterocycles. The molecule has 1 fully saturated rings. The van der Waals surface area contributed by atoms with E-state index in [-0.39, 0.29) is 5.69 Å². The Kier molecular flexibility index (Phi) is 3.65. The Hall–Kier alpha value is -2.67. The number of para-hydroxylation sites is 2. The minimum atomic E-state index is -0.414. The highest BCUT2D eigenvalue weighted by Gasteiger charge is 2.18. The van der Waals surface area contributed by atoms with Gasteiger partial charge in [0, 0.05) is 6.07 Å². The van der Waals surface area contributed by atoms with Crippen LogP contribution in [0.5, 0.6) is 0 Å². The number of anilines is 3. The summed E-state index contributed by atoms with van der Waals surface area (Å²) in [6.07, 6.45) is 1.64. The molecular formula is C14H14N4O3. The van der Waals surface area contributed by atoms with Gasteiger partial charge in [-0.3, -0.25) is 10.1 Å². The molecule has 3 rings (SSSR count). The Morgan fingerprint density at radius 1 is 1.24 bits per heavy atom. The molecule has 0 bridgehead atoms. The van der Waals surface area contributed by atoms with Crippen LogP contribution in [-0.2, 0) is 4.74 Å². The molecule has 1 aromatic heterocycles. The Morgan fingerprint density at radius 2 is 2.05 bits per heavy atom. The Morgan fingerprint density at radius 3 is 2.67 bits per heavy atom. The van der Waals surface area contributed by atoms with Crippen LogP contribution in [0.4, 0.5) is 22.9 Å². The van der Waals surface area contributed by atoms with Crippen molar-refractivity contribution in [2.45, 2.75) is 6.04 Å². The van der Waals surface area contributed by atoms with Gasteiger partial charge in [0.05, 0.1) is 36.1 Å². The molecular weight excluding hydrogens is 272 g/mol. The van der Waals surface area contributed by atoms with Crippen molar-refractivity contribution < 1.29 is 9.66 Å². The molecule has 1 aromatic carbocycles. The topological polar surface area (TPSA) is 89.3 Å². The van der Waals surface area contributed by atoms with E-state index in [0.29, 0.717) is 30.6 Å². The average Bonchev–Trinajstić information content (AvgIpc) is 2.45. The molecule has 0 atom stereocenters. The fourth-order valence-electron chi connectivity index (χ4n) is 1.98. The van der Waals surface area contributed by atoms with Gasteiger partial charge >= 0.3 is 0 Å². The molecule has 0 aliphatic carbocycles. The van der Waals surface area contributed by atoms with Gasteiger partial charge in [0.25, 0.3) is 5.69 Å². The van der Waals surface area contributed by atoms with Crippen molar-refractivity contribution in [3.63, 3.8) is 0 Å². The summed E-state index contributed by atoms with van der Waals surface area (Å²) in [4.78, 5) is 14.8. The van der Waals surface area contributed by atoms with Gasteiger partial charge in [0.15, 0.2) is 0 Å². The van der Waals surface area contributed by atoms with E-state index in [0.717, 1.165) is 5.82 Å². The highest BCUT2D eigenvalue weighted by Crippen LogP contribution is 2.27. The van der Waals surface area contributed by atoms with Crippen molar-refractivity contribution in [1.29, 1.82) is 0 Å². The van der Waals surface area contributed by atoms with Crippen LogP contribution in [0.2, 0.25) is 0 Å². The second-order valence-electron chi connectivity index (χ2n) is 4.71. The van der Waals surface area contributed by atoms with Gasteiger partial charge < -0.3 is 15.4 Å². The number of pyridine rings is 1. The summed E-state index contributed by atoms with van der Waals surface area (Å²) in [6, 6.07) is 10.5. The molecule has 0 spiro atoms. The molecule has 0 amide bonds. The molecule has 2 N–H and O–H groups in total. The first-order chi connectivity index (χ1) is 10.2. The van der Waals surface area contributed by atoms with Crippen LogP contribution < -0.4 is 10.6 Å². The van der Waals surface area contributed by atoms with Crippen LogP contribution in [-0.4, -0.2) is 29.2 Å². The lowest BCUT2D eigenvalue weighted by molar-refractivity contribution is -0.383. The van der Waals surface area contributed by atoms with Crippen LogP contribution >= 0.6 is 0 Å². The number of rotatable bonds is 5. The number of nitro benzene ring substituents is 1. The van der Waals surface area contributed by atoms with Gasteiger partial charge in [-0.15, -0.1) is 0 Å². The highest BCUT2D eigenvalue weighted by atomic mass is 16.6. The van der Waals surface area contributed by atoms with Gasteiger partial charge in [0.1, 0.15) is 11.5 Å². The molecule has 2 aromatic rings. The summed E-state index contributed by atoms with van der Waals surface area (Å²) in [5.41, 5.74) is 1.17. The third-order valence-electron chi connectivity index (χ3n) is 3.13. The third-order valence-corrected chi connectivity index (χ3v) is 3.13. The smallest absolute Gasteiger partial charge is 0.292 e. The predicted molar refractivity (Wildman–Crippen MR) is 78.8 cm³/mol. The lowest BCUT2D eigenvalue weighted by atomic mass is 10.2. The maximum Gasteiger partial charge on any atom is 0.292 e. The maximum atomic E-state index is 11.0. The van der Waals surface area contributed by atoms with Gasteiger partial charge in [-0.2, -0.15) is 0 Å². The third kappa shape index (κ3) is 3.09. The first-order valence-electron chi connectivity index (χ1n) is 6.53. The molecule has 0 unspecified atom stereocenters. The summed E-state index contributed by atoms with van der Waals surface area (Å²) in [7, 11) is 0. The Labute approximate surface area is 121 Å². The minimum Gasteiger partial charge on any atom is -0.377 e. The largest absolute Gasteiger partial charge is 0.377 e. The molecule has 2 heterocycles. The molecule has 0 radical (unpaired) electrons. The Balaban J connectivity index is 1.71. The number of nitrogens with one attached hydrogen (secondary N) is 2. The molecule has 21 heavy (non-hydrogen) atoms. The number of hydrogen-bond acceptors (Lipinski definition) is 6. The lowest BCUT2D eigenvalue weighted by Gasteiger charge is -2.27. The van der Waals surface area contributed by atoms with Crippen molar-refractivity contribution >= 4 is 22.9 Å². The van der Waals surface area contributed by atoms with Crippen LogP contribution in [0, 0.1) is 10.1 Å². The number of nitrogens with zero attached hydrogens (tertiary/aromatic N) is 2. The summed E-state index contributed by atoms with van der Waals surface area (Å²) in [5, 5.41) is 17.2. The van der Waals surface area contributed by atoms with Gasteiger partial charge in [-0.1, -0.05) is 12.1 Å². The van der Waals surface area contributed by atoms with E-state index in [1.165, 1.54) is 6.07 Å². The van der Waals surface area contributed by atoms with E-state index >= 15 is 0 Å². The standard InChI is InChI=1S/C14H14N4O3/c19-18(20)13-4-2-1-3-12(13)16-10-5-6-14(15-7-10)17-11-8-21-9-11/h1-7,11,16H,8-9H2,(H,15,17). The zero-order chi connectivity index (χ0) is 14.7. The first kappa shape index (κ1) is 13.3. The number of aromatic nitrogens is 1. The van der Waals surface area contributed by atoms with E-state index in [1.54, 1.807) is 24.4 Å². The number of nitro groups is 1. The van der Waals surface area contributed by atoms with Crippen LogP contribution in [0.1, 0.15) is 0 Å². The zero-order valence-corrected chi connectivity index (χ0v) is 11.2. The molecule has 0 saturated carbocycles. The molecule has 1 aliphatic heterocycles. The van der Waals surface area contributed by atoms with E-state index in [2.05, 4.69) is 15.6 Å². The van der Waals surface area contributed by atoms with Crippen molar-refractivity contribution in [2.75, 3.05) is 23.8 Å². The first-order valence-corrected chi connectivity index (χ1v) is 6.53. The van der Waals surface area contributed by atoms with Crippen LogP contribution in [0.25, 0.3) is 0 Å². The lowest BCUT2D eigenvalue weighted by Crippen LogP contribution is -2.40. The maximum absolute atomic E-state index is 11.0. The second-order valence-corrected chi connectivity index (χ2v) is 4.71.